The van der Waals surface area contributed by atoms with Crippen LogP contribution >= 0.6 is 0 Å². The van der Waals surface area contributed by atoms with Crippen LogP contribution in [0.2, 0.25) is 0 Å². The van der Waals surface area contributed by atoms with Crippen LogP contribution in [0.15, 0.2) is 24.3 Å². The first kappa shape index (κ1) is 20.9. The fourth-order valence-electron chi connectivity index (χ4n) is 3.36. The standard InChI is InChI=1S/C19H25F3N2O4/c1-11(2)6-7-23-14-9-26-17-15(10-27-16(14)17)28-18(25)24-13-5-3-4-12(8-13)19(20,21)22/h3-5,8,11,14-17,23H,6-7,9-10H2,1-2H3,(H,24,25)/t14-,15+,16+,17+/m0/s1. The summed E-state index contributed by atoms with van der Waals surface area (Å²) in [5.74, 6) is 0.589. The molecule has 2 aliphatic heterocycles. The zero-order valence-corrected chi connectivity index (χ0v) is 15.8. The average Bonchev–Trinajstić information content (AvgIpc) is 3.18. The fraction of sp³-hybridized carbons (Fsp3) is 0.632. The minimum atomic E-state index is -4.48. The Bertz CT molecular complexity index is 683. The van der Waals surface area contributed by atoms with Crippen LogP contribution in [0.4, 0.5) is 23.7 Å². The van der Waals surface area contributed by atoms with Gasteiger partial charge in [-0.25, -0.2) is 4.79 Å². The van der Waals surface area contributed by atoms with Crippen molar-refractivity contribution in [2.45, 2.75) is 50.8 Å². The van der Waals surface area contributed by atoms with E-state index in [0.717, 1.165) is 25.1 Å². The molecule has 0 spiro atoms. The number of hydrogen-bond acceptors (Lipinski definition) is 5. The lowest BCUT2D eigenvalue weighted by molar-refractivity contribution is -0.137. The first-order chi connectivity index (χ1) is 13.2. The van der Waals surface area contributed by atoms with Crippen LogP contribution in [-0.2, 0) is 20.4 Å². The molecule has 28 heavy (non-hydrogen) atoms. The molecule has 9 heteroatoms. The first-order valence-corrected chi connectivity index (χ1v) is 9.35. The highest BCUT2D eigenvalue weighted by Crippen LogP contribution is 2.31. The number of halogens is 3. The number of benzene rings is 1. The summed E-state index contributed by atoms with van der Waals surface area (Å²) in [6, 6.07) is 4.41. The van der Waals surface area contributed by atoms with Crippen LogP contribution in [0, 0.1) is 5.92 Å². The highest BCUT2D eigenvalue weighted by Gasteiger charge is 2.49. The highest BCUT2D eigenvalue weighted by atomic mass is 19.4. The molecule has 0 saturated carbocycles. The van der Waals surface area contributed by atoms with Gasteiger partial charge < -0.3 is 19.5 Å². The van der Waals surface area contributed by atoms with E-state index in [-0.39, 0.29) is 30.5 Å². The second-order valence-electron chi connectivity index (χ2n) is 7.49. The molecule has 1 aromatic carbocycles. The summed E-state index contributed by atoms with van der Waals surface area (Å²) in [7, 11) is 0. The minimum absolute atomic E-state index is 0.0101. The molecule has 1 amide bonds. The van der Waals surface area contributed by atoms with E-state index < -0.39 is 23.9 Å². The second kappa shape index (κ2) is 8.67. The van der Waals surface area contributed by atoms with E-state index >= 15 is 0 Å². The molecule has 2 fully saturated rings. The van der Waals surface area contributed by atoms with Gasteiger partial charge in [-0.1, -0.05) is 19.9 Å². The predicted molar refractivity (Wildman–Crippen MR) is 96.1 cm³/mol. The first-order valence-electron chi connectivity index (χ1n) is 9.35. The van der Waals surface area contributed by atoms with Gasteiger partial charge in [-0.2, -0.15) is 13.2 Å². The van der Waals surface area contributed by atoms with E-state index in [1.807, 2.05) is 0 Å². The molecular formula is C19H25F3N2O4. The maximum absolute atomic E-state index is 12.8. The zero-order valence-electron chi connectivity index (χ0n) is 15.8. The third kappa shape index (κ3) is 5.15. The van der Waals surface area contributed by atoms with E-state index in [1.54, 1.807) is 0 Å². The van der Waals surface area contributed by atoms with E-state index in [9.17, 15) is 18.0 Å². The number of rotatable bonds is 6. The van der Waals surface area contributed by atoms with Crippen molar-refractivity contribution in [2.75, 3.05) is 25.1 Å². The van der Waals surface area contributed by atoms with Crippen LogP contribution < -0.4 is 10.6 Å². The lowest BCUT2D eigenvalue weighted by Gasteiger charge is -2.18. The third-order valence-corrected chi connectivity index (χ3v) is 4.83. The van der Waals surface area contributed by atoms with Gasteiger partial charge >= 0.3 is 12.3 Å². The number of carbonyl (C=O) groups is 1. The Morgan fingerprint density at radius 2 is 2.00 bits per heavy atom. The smallest absolute Gasteiger partial charge is 0.416 e. The molecule has 3 rings (SSSR count). The quantitative estimate of drug-likeness (QED) is 0.763. The van der Waals surface area contributed by atoms with Gasteiger partial charge in [-0.05, 0) is 37.1 Å². The SMILES string of the molecule is CC(C)CCN[C@H]1CO[C@H]2[C@@H]1OC[C@H]2OC(=O)Nc1cccc(C(F)(F)F)c1. The van der Waals surface area contributed by atoms with Crippen molar-refractivity contribution in [3.63, 3.8) is 0 Å². The molecule has 156 valence electrons. The molecule has 0 bridgehead atoms. The highest BCUT2D eigenvalue weighted by molar-refractivity contribution is 5.84. The van der Waals surface area contributed by atoms with Crippen molar-refractivity contribution in [1.82, 2.24) is 5.32 Å². The van der Waals surface area contributed by atoms with Crippen molar-refractivity contribution < 1.29 is 32.2 Å². The summed E-state index contributed by atoms with van der Waals surface area (Å²) in [4.78, 5) is 12.1. The Morgan fingerprint density at radius 3 is 2.71 bits per heavy atom. The van der Waals surface area contributed by atoms with Gasteiger partial charge in [0.15, 0.2) is 6.10 Å². The van der Waals surface area contributed by atoms with Crippen molar-refractivity contribution in [3.8, 4) is 0 Å². The molecule has 0 radical (unpaired) electrons. The van der Waals surface area contributed by atoms with Crippen LogP contribution in [0.5, 0.6) is 0 Å². The summed E-state index contributed by atoms with van der Waals surface area (Å²) >= 11 is 0. The van der Waals surface area contributed by atoms with Gasteiger partial charge in [0.25, 0.3) is 0 Å². The zero-order chi connectivity index (χ0) is 20.3. The molecule has 2 aliphatic rings. The van der Waals surface area contributed by atoms with Crippen molar-refractivity contribution in [1.29, 1.82) is 0 Å². The van der Waals surface area contributed by atoms with Gasteiger partial charge in [0, 0.05) is 5.69 Å². The van der Waals surface area contributed by atoms with Crippen molar-refractivity contribution >= 4 is 11.8 Å². The van der Waals surface area contributed by atoms with Gasteiger partial charge in [0.05, 0.1) is 24.8 Å². The van der Waals surface area contributed by atoms with E-state index in [4.69, 9.17) is 14.2 Å². The summed E-state index contributed by atoms with van der Waals surface area (Å²) in [5.41, 5.74) is -0.833. The maximum atomic E-state index is 12.8. The number of carbonyl (C=O) groups excluding carboxylic acids is 1. The monoisotopic (exact) mass is 402 g/mol. The Hall–Kier alpha value is -1.84. The fourth-order valence-corrected chi connectivity index (χ4v) is 3.36. The van der Waals surface area contributed by atoms with Crippen molar-refractivity contribution in [3.05, 3.63) is 29.8 Å². The molecule has 6 nitrogen and oxygen atoms in total. The van der Waals surface area contributed by atoms with Crippen LogP contribution in [0.25, 0.3) is 0 Å². The van der Waals surface area contributed by atoms with Crippen LogP contribution in [-0.4, -0.2) is 50.2 Å². The molecule has 2 saturated heterocycles. The van der Waals surface area contributed by atoms with E-state index in [1.165, 1.54) is 12.1 Å². The molecule has 4 atom stereocenters. The maximum Gasteiger partial charge on any atom is 0.416 e. The second-order valence-corrected chi connectivity index (χ2v) is 7.49. The topological polar surface area (TPSA) is 68.8 Å². The van der Waals surface area contributed by atoms with Gasteiger partial charge in [0.1, 0.15) is 12.2 Å². The summed E-state index contributed by atoms with van der Waals surface area (Å²) in [6.07, 6.45) is -5.49. The molecule has 2 heterocycles. The predicted octanol–water partition coefficient (Wildman–Crippen LogP) is 3.42. The Kier molecular flexibility index (Phi) is 6.47. The van der Waals surface area contributed by atoms with Crippen LogP contribution in [0.3, 0.4) is 0 Å². The largest absolute Gasteiger partial charge is 0.441 e. The lowest BCUT2D eigenvalue weighted by Crippen LogP contribution is -2.42. The normalized spacial score (nSPS) is 27.1. The molecule has 0 aromatic heterocycles. The third-order valence-electron chi connectivity index (χ3n) is 4.83. The number of anilines is 1. The number of ether oxygens (including phenoxy) is 3. The minimum Gasteiger partial charge on any atom is -0.441 e. The summed E-state index contributed by atoms with van der Waals surface area (Å²) < 4.78 is 55.1. The number of alkyl halides is 3. The molecule has 1 aromatic rings. The molecule has 0 aliphatic carbocycles. The lowest BCUT2D eigenvalue weighted by atomic mass is 10.1. The number of hydrogen-bond donors (Lipinski definition) is 2. The molecular weight excluding hydrogens is 377 g/mol. The van der Waals surface area contributed by atoms with Crippen LogP contribution in [0.1, 0.15) is 25.8 Å². The van der Waals surface area contributed by atoms with Gasteiger partial charge in [-0.15, -0.1) is 0 Å². The molecule has 2 N–H and O–H groups in total. The van der Waals surface area contributed by atoms with Gasteiger partial charge in [0.2, 0.25) is 0 Å². The Morgan fingerprint density at radius 1 is 1.25 bits per heavy atom. The number of fused-ring (bicyclic) bond motifs is 1. The van der Waals surface area contributed by atoms with Gasteiger partial charge in [-0.3, -0.25) is 5.32 Å². The van der Waals surface area contributed by atoms with E-state index in [0.29, 0.717) is 12.5 Å². The number of nitrogens with one attached hydrogen (secondary N) is 2. The summed E-state index contributed by atoms with van der Waals surface area (Å²) in [5, 5.41) is 5.74. The summed E-state index contributed by atoms with van der Waals surface area (Å²) in [6.45, 7) is 5.79. The average molecular weight is 402 g/mol. The Balaban J connectivity index is 1.51. The number of amides is 1. The van der Waals surface area contributed by atoms with E-state index in [2.05, 4.69) is 24.5 Å². The molecule has 0 unspecified atom stereocenters. The Labute approximate surface area is 161 Å². The van der Waals surface area contributed by atoms with Crippen molar-refractivity contribution in [2.24, 2.45) is 5.92 Å².